The van der Waals surface area contributed by atoms with Gasteiger partial charge in [0.05, 0.1) is 16.3 Å². The summed E-state index contributed by atoms with van der Waals surface area (Å²) >= 11 is 5.92. The van der Waals surface area contributed by atoms with E-state index in [2.05, 4.69) is 31.1 Å². The Balaban J connectivity index is 1.54. The van der Waals surface area contributed by atoms with Crippen molar-refractivity contribution in [2.24, 2.45) is 0 Å². The van der Waals surface area contributed by atoms with Crippen molar-refractivity contribution in [3.63, 3.8) is 0 Å². The normalized spacial score (nSPS) is 11.7. The number of nitrogens with zero attached hydrogens (tertiary/aromatic N) is 5. The molecular weight excluding hydrogens is 517 g/mol. The van der Waals surface area contributed by atoms with Crippen molar-refractivity contribution in [2.45, 2.75) is 12.5 Å². The highest BCUT2D eigenvalue weighted by Gasteiger charge is 2.21. The minimum Gasteiger partial charge on any atom is -0.478 e. The van der Waals surface area contributed by atoms with Gasteiger partial charge in [0.1, 0.15) is 12.4 Å². The molecule has 0 aliphatic rings. The van der Waals surface area contributed by atoms with E-state index in [1.165, 1.54) is 53.5 Å². The second kappa shape index (κ2) is 11.8. The average Bonchev–Trinajstić information content (AvgIpc) is 3.45. The van der Waals surface area contributed by atoms with Crippen LogP contribution in [0.2, 0.25) is 5.02 Å². The molecule has 2 amide bonds. The summed E-state index contributed by atoms with van der Waals surface area (Å²) < 4.78 is 16.0. The summed E-state index contributed by atoms with van der Waals surface area (Å²) in [5, 5.41) is 25.0. The molecule has 0 saturated heterocycles. The van der Waals surface area contributed by atoms with Gasteiger partial charge in [-0.15, -0.1) is 5.10 Å². The van der Waals surface area contributed by atoms with E-state index in [1.807, 2.05) is 0 Å². The van der Waals surface area contributed by atoms with Crippen molar-refractivity contribution in [2.75, 3.05) is 5.32 Å². The third kappa shape index (κ3) is 6.42. The number of amides is 2. The lowest BCUT2D eigenvalue weighted by Gasteiger charge is -2.18. The number of benzene rings is 2. The molecule has 2 aromatic heterocycles. The first-order valence-corrected chi connectivity index (χ1v) is 11.4. The van der Waals surface area contributed by atoms with E-state index in [0.29, 0.717) is 5.69 Å². The Hall–Kier alpha value is -4.97. The predicted molar refractivity (Wildman–Crippen MR) is 135 cm³/mol. The fourth-order valence-corrected chi connectivity index (χ4v) is 3.62. The molecule has 0 aliphatic carbocycles. The number of carboxylic acids is 1. The number of hydrogen-bond acceptors (Lipinski definition) is 7. The van der Waals surface area contributed by atoms with Crippen LogP contribution in [-0.4, -0.2) is 54.1 Å². The third-order valence-corrected chi connectivity index (χ3v) is 5.62. The van der Waals surface area contributed by atoms with Gasteiger partial charge >= 0.3 is 5.97 Å². The zero-order valence-electron chi connectivity index (χ0n) is 19.5. The molecule has 4 rings (SSSR count). The molecule has 0 bridgehead atoms. The van der Waals surface area contributed by atoms with E-state index in [0.717, 1.165) is 11.6 Å². The Labute approximate surface area is 220 Å². The maximum atomic E-state index is 14.8. The molecule has 0 spiro atoms. The summed E-state index contributed by atoms with van der Waals surface area (Å²) in [6.07, 6.45) is 6.77. The minimum atomic E-state index is -1.10. The Kier molecular flexibility index (Phi) is 8.14. The van der Waals surface area contributed by atoms with Gasteiger partial charge in [0.25, 0.3) is 0 Å². The molecule has 1 unspecified atom stereocenters. The van der Waals surface area contributed by atoms with Crippen LogP contribution in [0.5, 0.6) is 0 Å². The number of carboxylic acid groups (broad SMARTS) is 1. The smallest absolute Gasteiger partial charge is 0.335 e. The first kappa shape index (κ1) is 26.1. The topological polar surface area (TPSA) is 152 Å². The van der Waals surface area contributed by atoms with Crippen molar-refractivity contribution in [1.82, 2.24) is 30.5 Å². The molecule has 0 radical (unpaired) electrons. The Morgan fingerprint density at radius 2 is 1.82 bits per heavy atom. The quantitative estimate of drug-likeness (QED) is 0.277. The van der Waals surface area contributed by atoms with Crippen LogP contribution in [0.3, 0.4) is 0 Å². The van der Waals surface area contributed by atoms with Gasteiger partial charge in [-0.25, -0.2) is 9.18 Å². The molecule has 0 fully saturated rings. The number of pyridine rings is 1. The molecule has 13 heteroatoms. The Bertz CT molecular complexity index is 1480. The number of carbonyl (C=O) groups excluding carboxylic acids is 2. The van der Waals surface area contributed by atoms with E-state index in [4.69, 9.17) is 16.7 Å². The molecule has 4 aromatic rings. The monoisotopic (exact) mass is 535 g/mol. The molecule has 11 nitrogen and oxygen atoms in total. The van der Waals surface area contributed by atoms with E-state index < -0.39 is 29.6 Å². The van der Waals surface area contributed by atoms with Gasteiger partial charge in [-0.05, 0) is 70.6 Å². The maximum Gasteiger partial charge on any atom is 0.335 e. The van der Waals surface area contributed by atoms with Crippen LogP contribution in [0.1, 0.15) is 21.5 Å². The number of aromatic carboxylic acids is 1. The summed E-state index contributed by atoms with van der Waals surface area (Å²) in [7, 11) is 0. The molecule has 2 aromatic carbocycles. The summed E-state index contributed by atoms with van der Waals surface area (Å²) in [4.78, 5) is 40.9. The van der Waals surface area contributed by atoms with Gasteiger partial charge in [-0.3, -0.25) is 14.6 Å². The van der Waals surface area contributed by atoms with Crippen molar-refractivity contribution >= 4 is 41.1 Å². The highest BCUT2D eigenvalue weighted by molar-refractivity contribution is 6.31. The summed E-state index contributed by atoms with van der Waals surface area (Å²) in [5.74, 6) is -3.10. The largest absolute Gasteiger partial charge is 0.478 e. The highest BCUT2D eigenvalue weighted by atomic mass is 35.5. The summed E-state index contributed by atoms with van der Waals surface area (Å²) in [6, 6.07) is 10.8. The van der Waals surface area contributed by atoms with E-state index >= 15 is 0 Å². The molecular formula is C25H19ClFN7O4. The van der Waals surface area contributed by atoms with Gasteiger partial charge in [0.2, 0.25) is 11.8 Å². The second-order valence-corrected chi connectivity index (χ2v) is 8.28. The second-order valence-electron chi connectivity index (χ2n) is 7.87. The number of nitrogens with one attached hydrogen (secondary N) is 2. The van der Waals surface area contributed by atoms with Crippen LogP contribution in [0, 0.1) is 5.82 Å². The molecule has 3 N–H and O–H groups in total. The number of rotatable bonds is 9. The van der Waals surface area contributed by atoms with Crippen LogP contribution < -0.4 is 10.6 Å². The first-order valence-electron chi connectivity index (χ1n) is 11.0. The van der Waals surface area contributed by atoms with Crippen LogP contribution in [0.15, 0.2) is 73.3 Å². The number of carbonyl (C=O) groups is 3. The van der Waals surface area contributed by atoms with Crippen molar-refractivity contribution in [1.29, 1.82) is 0 Å². The number of hydrogen-bond donors (Lipinski definition) is 3. The SMILES string of the molecule is O=C(C=Cc1c(-n2cnnn2)ccc(Cl)c1F)NC(Cc1ccncc1)C(=O)Nc1ccc(C(=O)O)cc1. The van der Waals surface area contributed by atoms with Crippen LogP contribution >= 0.6 is 11.6 Å². The van der Waals surface area contributed by atoms with E-state index in [9.17, 15) is 18.8 Å². The lowest BCUT2D eigenvalue weighted by molar-refractivity contribution is -0.123. The summed E-state index contributed by atoms with van der Waals surface area (Å²) in [6.45, 7) is 0. The molecule has 0 saturated carbocycles. The third-order valence-electron chi connectivity index (χ3n) is 5.33. The molecule has 192 valence electrons. The number of aromatic nitrogens is 5. The zero-order chi connectivity index (χ0) is 27.1. The van der Waals surface area contributed by atoms with Crippen molar-refractivity contribution in [3.05, 3.63) is 101 Å². The van der Waals surface area contributed by atoms with Gasteiger partial charge in [-0.2, -0.15) is 4.68 Å². The van der Waals surface area contributed by atoms with Gasteiger partial charge < -0.3 is 15.7 Å². The minimum absolute atomic E-state index is 0.0337. The van der Waals surface area contributed by atoms with E-state index in [1.54, 1.807) is 24.5 Å². The standard InChI is InChI=1S/C25H19ClFN7O4/c26-19-6-7-21(34-14-29-32-33-34)18(23(19)27)5-8-22(35)31-20(13-15-9-11-28-12-10-15)24(36)30-17-3-1-16(2-4-17)25(37)38/h1-12,14,20H,13H2,(H,30,36)(H,31,35)(H,37,38). The average molecular weight is 536 g/mol. The maximum absolute atomic E-state index is 14.8. The molecule has 2 heterocycles. The van der Waals surface area contributed by atoms with E-state index in [-0.39, 0.29) is 28.3 Å². The highest BCUT2D eigenvalue weighted by Crippen LogP contribution is 2.25. The predicted octanol–water partition coefficient (Wildman–Crippen LogP) is 2.93. The molecule has 0 aliphatic heterocycles. The van der Waals surface area contributed by atoms with Crippen LogP contribution in [-0.2, 0) is 16.0 Å². The van der Waals surface area contributed by atoms with Crippen LogP contribution in [0.4, 0.5) is 10.1 Å². The summed E-state index contributed by atoms with van der Waals surface area (Å²) in [5.41, 5.74) is 1.35. The fraction of sp³-hybridized carbons (Fsp3) is 0.0800. The Morgan fingerprint density at radius 1 is 1.08 bits per heavy atom. The first-order chi connectivity index (χ1) is 18.3. The van der Waals surface area contributed by atoms with Crippen molar-refractivity contribution < 1.29 is 23.9 Å². The lowest BCUT2D eigenvalue weighted by atomic mass is 10.1. The number of halogens is 2. The lowest BCUT2D eigenvalue weighted by Crippen LogP contribution is -2.44. The van der Waals surface area contributed by atoms with Crippen LogP contribution in [0.25, 0.3) is 11.8 Å². The number of tetrazole rings is 1. The van der Waals surface area contributed by atoms with Gasteiger partial charge in [0.15, 0.2) is 5.82 Å². The number of anilines is 1. The van der Waals surface area contributed by atoms with Gasteiger partial charge in [0, 0.05) is 36.1 Å². The fourth-order valence-electron chi connectivity index (χ4n) is 3.45. The Morgan fingerprint density at radius 3 is 2.47 bits per heavy atom. The molecule has 38 heavy (non-hydrogen) atoms. The molecule has 1 atom stereocenters. The zero-order valence-corrected chi connectivity index (χ0v) is 20.2. The van der Waals surface area contributed by atoms with Crippen molar-refractivity contribution in [3.8, 4) is 5.69 Å². The van der Waals surface area contributed by atoms with Gasteiger partial charge in [-0.1, -0.05) is 11.6 Å².